The fourth-order valence-corrected chi connectivity index (χ4v) is 1.65. The van der Waals surface area contributed by atoms with Gasteiger partial charge in [-0.2, -0.15) is 0 Å². The minimum absolute atomic E-state index is 0.389. The summed E-state index contributed by atoms with van der Waals surface area (Å²) >= 11 is 0. The molecule has 0 aromatic rings. The van der Waals surface area contributed by atoms with Crippen LogP contribution in [0.4, 0.5) is 0 Å². The van der Waals surface area contributed by atoms with Crippen LogP contribution in [0.25, 0.3) is 0 Å². The van der Waals surface area contributed by atoms with E-state index in [-0.39, 0.29) is 0 Å². The van der Waals surface area contributed by atoms with Crippen molar-refractivity contribution in [2.75, 3.05) is 19.6 Å². The maximum absolute atomic E-state index is 5.86. The topological polar surface area (TPSA) is 29.3 Å². The van der Waals surface area contributed by atoms with Crippen molar-refractivity contribution in [2.45, 2.75) is 32.7 Å². The Morgan fingerprint density at radius 2 is 2.36 bits per heavy atom. The summed E-state index contributed by atoms with van der Waals surface area (Å²) in [4.78, 5) is 2.48. The van der Waals surface area contributed by atoms with E-state index in [2.05, 4.69) is 18.7 Å². The summed E-state index contributed by atoms with van der Waals surface area (Å²) in [5.74, 6) is 0.888. The standard InChI is InChI=1S/C9H20N2/c1-3-9(10)7-11-5-4-8(2)6-11/h8-9H,3-7,10H2,1-2H3. The fourth-order valence-electron chi connectivity index (χ4n) is 1.65. The minimum Gasteiger partial charge on any atom is -0.327 e. The summed E-state index contributed by atoms with van der Waals surface area (Å²) < 4.78 is 0. The van der Waals surface area contributed by atoms with E-state index in [1.54, 1.807) is 0 Å². The Bertz CT molecular complexity index is 114. The molecule has 0 aliphatic carbocycles. The Hall–Kier alpha value is -0.0800. The molecule has 0 spiro atoms. The summed E-state index contributed by atoms with van der Waals surface area (Å²) in [6.45, 7) is 8.09. The van der Waals surface area contributed by atoms with Crippen LogP contribution in [-0.4, -0.2) is 30.6 Å². The van der Waals surface area contributed by atoms with Crippen LogP contribution in [0.15, 0.2) is 0 Å². The summed E-state index contributed by atoms with van der Waals surface area (Å²) in [5, 5.41) is 0. The molecule has 1 heterocycles. The Balaban J connectivity index is 2.17. The summed E-state index contributed by atoms with van der Waals surface area (Å²) in [6, 6.07) is 0.389. The fraction of sp³-hybridized carbons (Fsp3) is 1.00. The van der Waals surface area contributed by atoms with Gasteiger partial charge in [-0.3, -0.25) is 0 Å². The molecule has 2 atom stereocenters. The second-order valence-electron chi connectivity index (χ2n) is 3.82. The summed E-state index contributed by atoms with van der Waals surface area (Å²) in [7, 11) is 0. The van der Waals surface area contributed by atoms with Crippen molar-refractivity contribution in [1.29, 1.82) is 0 Å². The molecule has 1 saturated heterocycles. The normalized spacial score (nSPS) is 29.2. The molecule has 66 valence electrons. The number of likely N-dealkylation sites (tertiary alicyclic amines) is 1. The van der Waals surface area contributed by atoms with Gasteiger partial charge >= 0.3 is 0 Å². The lowest BCUT2D eigenvalue weighted by Crippen LogP contribution is -2.35. The van der Waals surface area contributed by atoms with E-state index in [4.69, 9.17) is 5.73 Å². The first-order chi connectivity index (χ1) is 5.22. The molecule has 0 bridgehead atoms. The average molecular weight is 156 g/mol. The van der Waals surface area contributed by atoms with Gasteiger partial charge in [0.1, 0.15) is 0 Å². The Labute approximate surface area is 69.8 Å². The van der Waals surface area contributed by atoms with Gasteiger partial charge in [0.2, 0.25) is 0 Å². The Morgan fingerprint density at radius 3 is 2.82 bits per heavy atom. The summed E-state index contributed by atoms with van der Waals surface area (Å²) in [5.41, 5.74) is 5.86. The molecule has 1 rings (SSSR count). The molecule has 11 heavy (non-hydrogen) atoms. The molecule has 2 unspecified atom stereocenters. The number of nitrogens with zero attached hydrogens (tertiary/aromatic N) is 1. The van der Waals surface area contributed by atoms with Crippen LogP contribution in [0.3, 0.4) is 0 Å². The maximum Gasteiger partial charge on any atom is 0.0165 e. The molecule has 0 amide bonds. The molecular weight excluding hydrogens is 136 g/mol. The molecule has 0 aromatic carbocycles. The molecule has 0 aromatic heterocycles. The third kappa shape index (κ3) is 2.80. The van der Waals surface area contributed by atoms with Gasteiger partial charge in [0.25, 0.3) is 0 Å². The molecule has 1 fully saturated rings. The lowest BCUT2D eigenvalue weighted by Gasteiger charge is -2.19. The largest absolute Gasteiger partial charge is 0.327 e. The van der Waals surface area contributed by atoms with Crippen LogP contribution in [-0.2, 0) is 0 Å². The van der Waals surface area contributed by atoms with Gasteiger partial charge < -0.3 is 10.6 Å². The van der Waals surface area contributed by atoms with Crippen molar-refractivity contribution < 1.29 is 0 Å². The van der Waals surface area contributed by atoms with Crippen LogP contribution in [0.1, 0.15) is 26.7 Å². The Morgan fingerprint density at radius 1 is 1.64 bits per heavy atom. The van der Waals surface area contributed by atoms with Crippen molar-refractivity contribution in [2.24, 2.45) is 11.7 Å². The SMILES string of the molecule is CCC(N)CN1CCC(C)C1. The van der Waals surface area contributed by atoms with Gasteiger partial charge in [-0.25, -0.2) is 0 Å². The molecule has 2 N–H and O–H groups in total. The van der Waals surface area contributed by atoms with Crippen molar-refractivity contribution in [3.63, 3.8) is 0 Å². The monoisotopic (exact) mass is 156 g/mol. The summed E-state index contributed by atoms with van der Waals surface area (Å²) in [6.07, 6.45) is 2.46. The highest BCUT2D eigenvalue weighted by Gasteiger charge is 2.19. The number of rotatable bonds is 3. The molecule has 2 heteroatoms. The van der Waals surface area contributed by atoms with Crippen LogP contribution in [0, 0.1) is 5.92 Å². The average Bonchev–Trinajstić information content (AvgIpc) is 2.35. The second-order valence-corrected chi connectivity index (χ2v) is 3.82. The van der Waals surface area contributed by atoms with Crippen molar-refractivity contribution in [3.05, 3.63) is 0 Å². The van der Waals surface area contributed by atoms with E-state index in [0.29, 0.717) is 6.04 Å². The lowest BCUT2D eigenvalue weighted by atomic mass is 10.2. The third-order valence-corrected chi connectivity index (χ3v) is 2.53. The highest BCUT2D eigenvalue weighted by Crippen LogP contribution is 2.14. The maximum atomic E-state index is 5.86. The first-order valence-electron chi connectivity index (χ1n) is 4.70. The van der Waals surface area contributed by atoms with Gasteiger partial charge in [-0.05, 0) is 25.3 Å². The predicted octanol–water partition coefficient (Wildman–Crippen LogP) is 1.07. The van der Waals surface area contributed by atoms with E-state index in [1.165, 1.54) is 19.5 Å². The van der Waals surface area contributed by atoms with E-state index in [0.717, 1.165) is 18.9 Å². The second kappa shape index (κ2) is 4.07. The first kappa shape index (κ1) is 9.01. The number of hydrogen-bond acceptors (Lipinski definition) is 2. The molecule has 0 radical (unpaired) electrons. The first-order valence-corrected chi connectivity index (χ1v) is 4.70. The molecule has 0 saturated carbocycles. The zero-order valence-corrected chi connectivity index (χ0v) is 7.71. The van der Waals surface area contributed by atoms with E-state index in [9.17, 15) is 0 Å². The smallest absolute Gasteiger partial charge is 0.0165 e. The highest BCUT2D eigenvalue weighted by molar-refractivity contribution is 4.75. The number of nitrogens with two attached hydrogens (primary N) is 1. The molecular formula is C9H20N2. The quantitative estimate of drug-likeness (QED) is 0.662. The van der Waals surface area contributed by atoms with Crippen LogP contribution in [0.2, 0.25) is 0 Å². The third-order valence-electron chi connectivity index (χ3n) is 2.53. The van der Waals surface area contributed by atoms with Crippen LogP contribution in [0.5, 0.6) is 0 Å². The van der Waals surface area contributed by atoms with Gasteiger partial charge in [0.05, 0.1) is 0 Å². The van der Waals surface area contributed by atoms with Gasteiger partial charge in [0.15, 0.2) is 0 Å². The minimum atomic E-state index is 0.389. The van der Waals surface area contributed by atoms with Gasteiger partial charge in [0, 0.05) is 19.1 Å². The van der Waals surface area contributed by atoms with E-state index >= 15 is 0 Å². The van der Waals surface area contributed by atoms with E-state index < -0.39 is 0 Å². The highest BCUT2D eigenvalue weighted by atomic mass is 15.2. The van der Waals surface area contributed by atoms with Crippen molar-refractivity contribution in [1.82, 2.24) is 4.90 Å². The van der Waals surface area contributed by atoms with Gasteiger partial charge in [-0.15, -0.1) is 0 Å². The lowest BCUT2D eigenvalue weighted by molar-refractivity contribution is 0.302. The molecule has 1 aliphatic rings. The predicted molar refractivity (Wildman–Crippen MR) is 48.5 cm³/mol. The zero-order valence-electron chi connectivity index (χ0n) is 7.71. The number of hydrogen-bond donors (Lipinski definition) is 1. The molecule has 1 aliphatic heterocycles. The van der Waals surface area contributed by atoms with Crippen molar-refractivity contribution >= 4 is 0 Å². The van der Waals surface area contributed by atoms with Gasteiger partial charge in [-0.1, -0.05) is 13.8 Å². The van der Waals surface area contributed by atoms with Crippen LogP contribution < -0.4 is 5.73 Å². The zero-order chi connectivity index (χ0) is 8.27. The van der Waals surface area contributed by atoms with E-state index in [1.807, 2.05) is 0 Å². The van der Waals surface area contributed by atoms with Crippen molar-refractivity contribution in [3.8, 4) is 0 Å². The molecule has 2 nitrogen and oxygen atoms in total. The van der Waals surface area contributed by atoms with Crippen LogP contribution >= 0.6 is 0 Å². The Kier molecular flexibility index (Phi) is 3.34.